The molecule has 1 amide bonds. The van der Waals surface area contributed by atoms with E-state index in [0.29, 0.717) is 15.2 Å². The lowest BCUT2D eigenvalue weighted by atomic mass is 10.2. The van der Waals surface area contributed by atoms with Crippen molar-refractivity contribution in [3.63, 3.8) is 0 Å². The van der Waals surface area contributed by atoms with Crippen LogP contribution in [0.1, 0.15) is 10.4 Å². The summed E-state index contributed by atoms with van der Waals surface area (Å²) in [5.74, 6) is -0.260. The summed E-state index contributed by atoms with van der Waals surface area (Å²) in [5, 5.41) is 3.35. The van der Waals surface area contributed by atoms with Crippen LogP contribution in [0.4, 0.5) is 11.5 Å². The summed E-state index contributed by atoms with van der Waals surface area (Å²) in [4.78, 5) is 15.9. The molecule has 0 saturated carbocycles. The highest BCUT2D eigenvalue weighted by atomic mass is 79.9. The molecule has 4 nitrogen and oxygen atoms in total. The van der Waals surface area contributed by atoms with Crippen LogP contribution in [0.15, 0.2) is 28.9 Å². The van der Waals surface area contributed by atoms with E-state index in [1.807, 2.05) is 0 Å². The fraction of sp³-hybridized carbons (Fsp3) is 0. The maximum atomic E-state index is 12.1. The van der Waals surface area contributed by atoms with Crippen molar-refractivity contribution in [2.45, 2.75) is 0 Å². The number of hydrogen-bond donors (Lipinski definition) is 2. The molecule has 1 aromatic carbocycles. The highest BCUT2D eigenvalue weighted by molar-refractivity contribution is 9.10. The molecule has 0 aliphatic heterocycles. The number of pyridine rings is 1. The third-order valence-electron chi connectivity index (χ3n) is 2.40. The van der Waals surface area contributed by atoms with Gasteiger partial charge in [0.1, 0.15) is 5.82 Å². The van der Waals surface area contributed by atoms with E-state index < -0.39 is 5.91 Å². The molecule has 0 aliphatic carbocycles. The highest BCUT2D eigenvalue weighted by Gasteiger charge is 2.15. The van der Waals surface area contributed by atoms with E-state index in [9.17, 15) is 4.79 Å². The smallest absolute Gasteiger partial charge is 0.257 e. The number of anilines is 2. The van der Waals surface area contributed by atoms with Crippen molar-refractivity contribution < 1.29 is 4.79 Å². The summed E-state index contributed by atoms with van der Waals surface area (Å²) >= 11 is 21.2. The molecule has 0 bridgehead atoms. The first-order valence-electron chi connectivity index (χ1n) is 5.26. The lowest BCUT2D eigenvalue weighted by molar-refractivity contribution is 0.102. The summed E-state index contributed by atoms with van der Waals surface area (Å²) in [5.41, 5.74) is 6.10. The maximum Gasteiger partial charge on any atom is 0.257 e. The molecule has 8 heteroatoms. The minimum Gasteiger partial charge on any atom is -0.384 e. The van der Waals surface area contributed by atoms with E-state index in [-0.39, 0.29) is 21.4 Å². The summed E-state index contributed by atoms with van der Waals surface area (Å²) in [7, 11) is 0. The van der Waals surface area contributed by atoms with E-state index in [1.165, 1.54) is 12.3 Å². The normalized spacial score (nSPS) is 10.4. The number of nitrogens with one attached hydrogen (secondary N) is 1. The van der Waals surface area contributed by atoms with Gasteiger partial charge in [0.05, 0.1) is 26.3 Å². The van der Waals surface area contributed by atoms with Crippen molar-refractivity contribution in [1.82, 2.24) is 4.98 Å². The van der Waals surface area contributed by atoms with E-state index in [2.05, 4.69) is 26.2 Å². The van der Waals surface area contributed by atoms with E-state index in [4.69, 9.17) is 40.5 Å². The number of amides is 1. The van der Waals surface area contributed by atoms with E-state index >= 15 is 0 Å². The molecule has 1 heterocycles. The van der Waals surface area contributed by atoms with Crippen LogP contribution < -0.4 is 11.1 Å². The number of aromatic nitrogens is 1. The predicted molar refractivity (Wildman–Crippen MR) is 85.8 cm³/mol. The van der Waals surface area contributed by atoms with Gasteiger partial charge in [-0.3, -0.25) is 4.79 Å². The zero-order valence-electron chi connectivity index (χ0n) is 9.75. The molecular weight excluding hydrogens is 388 g/mol. The van der Waals surface area contributed by atoms with Crippen LogP contribution in [-0.2, 0) is 0 Å². The van der Waals surface area contributed by atoms with Crippen LogP contribution in [-0.4, -0.2) is 10.9 Å². The Bertz CT molecular complexity index is 694. The summed E-state index contributed by atoms with van der Waals surface area (Å²) in [6.07, 6.45) is 1.31. The van der Waals surface area contributed by atoms with Gasteiger partial charge in [0, 0.05) is 10.7 Å². The van der Waals surface area contributed by atoms with E-state index in [1.54, 1.807) is 12.1 Å². The first-order valence-corrected chi connectivity index (χ1v) is 7.18. The molecule has 104 valence electrons. The number of benzene rings is 1. The summed E-state index contributed by atoms with van der Waals surface area (Å²) in [6, 6.07) is 4.67. The fourth-order valence-electron chi connectivity index (χ4n) is 1.44. The largest absolute Gasteiger partial charge is 0.384 e. The SMILES string of the molecule is Nc1cc(C(=O)Nc2ccc(Br)c(Cl)c2Cl)c(Cl)cn1. The van der Waals surface area contributed by atoms with Gasteiger partial charge in [-0.1, -0.05) is 34.8 Å². The predicted octanol–water partition coefficient (Wildman–Crippen LogP) is 4.64. The van der Waals surface area contributed by atoms with Gasteiger partial charge >= 0.3 is 0 Å². The first-order chi connectivity index (χ1) is 9.40. The molecule has 0 fully saturated rings. The van der Waals surface area contributed by atoms with Crippen LogP contribution in [0.2, 0.25) is 15.1 Å². The minimum absolute atomic E-state index is 0.191. The van der Waals surface area contributed by atoms with Gasteiger partial charge in [0.2, 0.25) is 0 Å². The average Bonchev–Trinajstić information content (AvgIpc) is 2.42. The molecule has 0 radical (unpaired) electrons. The number of nitrogen functional groups attached to an aromatic ring is 1. The number of nitrogens with zero attached hydrogens (tertiary/aromatic N) is 1. The van der Waals surface area contributed by atoms with Crippen molar-refractivity contribution in [1.29, 1.82) is 0 Å². The van der Waals surface area contributed by atoms with Gasteiger partial charge < -0.3 is 11.1 Å². The maximum absolute atomic E-state index is 12.1. The van der Waals surface area contributed by atoms with Gasteiger partial charge in [-0.15, -0.1) is 0 Å². The van der Waals surface area contributed by atoms with Gasteiger partial charge in [0.15, 0.2) is 0 Å². The molecule has 0 atom stereocenters. The van der Waals surface area contributed by atoms with Crippen molar-refractivity contribution in [2.75, 3.05) is 11.1 Å². The third-order valence-corrected chi connectivity index (χ3v) is 4.48. The van der Waals surface area contributed by atoms with Gasteiger partial charge in [-0.05, 0) is 34.1 Å². The Hall–Kier alpha value is -1.01. The molecule has 0 spiro atoms. The number of halogens is 4. The number of rotatable bonds is 2. The lowest BCUT2D eigenvalue weighted by Gasteiger charge is -2.10. The number of carbonyl (C=O) groups excluding carboxylic acids is 1. The van der Waals surface area contributed by atoms with E-state index in [0.717, 1.165) is 0 Å². The van der Waals surface area contributed by atoms with Crippen LogP contribution in [0.5, 0.6) is 0 Å². The van der Waals surface area contributed by atoms with Crippen molar-refractivity contribution in [3.05, 3.63) is 49.5 Å². The minimum atomic E-state index is -0.454. The molecule has 0 aliphatic rings. The zero-order chi connectivity index (χ0) is 14.9. The molecular formula is C12H7BrCl3N3O. The van der Waals surface area contributed by atoms with Crippen LogP contribution >= 0.6 is 50.7 Å². The second-order valence-corrected chi connectivity index (χ2v) is 5.78. The Morgan fingerprint density at radius 2 is 1.95 bits per heavy atom. The van der Waals surface area contributed by atoms with Crippen LogP contribution in [0, 0.1) is 0 Å². The summed E-state index contributed by atoms with van der Waals surface area (Å²) < 4.78 is 0.633. The first kappa shape index (κ1) is 15.4. The zero-order valence-corrected chi connectivity index (χ0v) is 13.6. The molecule has 1 aromatic heterocycles. The Kier molecular flexibility index (Phi) is 4.75. The average molecular weight is 395 g/mol. The van der Waals surface area contributed by atoms with Gasteiger partial charge in [-0.25, -0.2) is 4.98 Å². The highest BCUT2D eigenvalue weighted by Crippen LogP contribution is 2.36. The summed E-state index contributed by atoms with van der Waals surface area (Å²) in [6.45, 7) is 0. The monoisotopic (exact) mass is 393 g/mol. The Labute approximate surface area is 138 Å². The molecule has 20 heavy (non-hydrogen) atoms. The van der Waals surface area contributed by atoms with Crippen LogP contribution in [0.25, 0.3) is 0 Å². The quantitative estimate of drug-likeness (QED) is 0.728. The lowest BCUT2D eigenvalue weighted by Crippen LogP contribution is -2.13. The second-order valence-electron chi connectivity index (χ2n) is 3.77. The standard InChI is InChI=1S/C12H7BrCl3N3O/c13-6-1-2-8(11(16)10(6)15)19-12(20)5-3-9(17)18-4-7(5)14/h1-4H,(H2,17,18)(H,19,20). The molecule has 0 saturated heterocycles. The number of hydrogen-bond acceptors (Lipinski definition) is 3. The Morgan fingerprint density at radius 1 is 1.25 bits per heavy atom. The van der Waals surface area contributed by atoms with Gasteiger partial charge in [-0.2, -0.15) is 0 Å². The van der Waals surface area contributed by atoms with Crippen molar-refractivity contribution in [3.8, 4) is 0 Å². The van der Waals surface area contributed by atoms with Gasteiger partial charge in [0.25, 0.3) is 5.91 Å². The van der Waals surface area contributed by atoms with Crippen molar-refractivity contribution in [2.24, 2.45) is 0 Å². The number of nitrogens with two attached hydrogens (primary N) is 1. The molecule has 2 aromatic rings. The fourth-order valence-corrected chi connectivity index (χ4v) is 2.45. The Morgan fingerprint density at radius 3 is 2.65 bits per heavy atom. The molecule has 3 N–H and O–H groups in total. The number of carbonyl (C=O) groups is 1. The topological polar surface area (TPSA) is 68.0 Å². The Balaban J connectivity index is 2.33. The van der Waals surface area contributed by atoms with Crippen molar-refractivity contribution >= 4 is 68.1 Å². The molecule has 0 unspecified atom stereocenters. The third kappa shape index (κ3) is 3.17. The second kappa shape index (κ2) is 6.18. The van der Waals surface area contributed by atoms with Crippen LogP contribution in [0.3, 0.4) is 0 Å². The molecule has 2 rings (SSSR count).